The molecular formula is C26H30N2O4S. The molecule has 0 heterocycles. The molecule has 0 bridgehead atoms. The van der Waals surface area contributed by atoms with E-state index in [2.05, 4.69) is 17.4 Å². The lowest BCUT2D eigenvalue weighted by Crippen LogP contribution is -2.41. The van der Waals surface area contributed by atoms with Crippen molar-refractivity contribution in [3.63, 3.8) is 0 Å². The molecule has 1 N–H and O–H groups in total. The van der Waals surface area contributed by atoms with Gasteiger partial charge in [0.1, 0.15) is 12.3 Å². The van der Waals surface area contributed by atoms with Crippen LogP contribution in [-0.4, -0.2) is 34.0 Å². The number of benzene rings is 3. The summed E-state index contributed by atoms with van der Waals surface area (Å²) in [5.41, 5.74) is 2.82. The maximum atomic E-state index is 13.3. The highest BCUT2D eigenvalue weighted by atomic mass is 32.2. The molecule has 1 amide bonds. The fourth-order valence-electron chi connectivity index (χ4n) is 3.48. The van der Waals surface area contributed by atoms with E-state index in [1.807, 2.05) is 26.0 Å². The molecule has 0 saturated carbocycles. The summed E-state index contributed by atoms with van der Waals surface area (Å²) in [4.78, 5) is 12.8. The predicted molar refractivity (Wildman–Crippen MR) is 131 cm³/mol. The van der Waals surface area contributed by atoms with Crippen LogP contribution in [0.5, 0.6) is 5.75 Å². The number of amides is 1. The van der Waals surface area contributed by atoms with Gasteiger partial charge in [0.15, 0.2) is 0 Å². The van der Waals surface area contributed by atoms with E-state index in [0.29, 0.717) is 24.6 Å². The van der Waals surface area contributed by atoms with Crippen LogP contribution in [0.1, 0.15) is 24.5 Å². The molecule has 0 unspecified atom stereocenters. The number of rotatable bonds is 11. The van der Waals surface area contributed by atoms with Gasteiger partial charge in [0.05, 0.1) is 17.2 Å². The van der Waals surface area contributed by atoms with E-state index in [1.165, 1.54) is 23.3 Å². The van der Waals surface area contributed by atoms with Crippen LogP contribution in [-0.2, 0) is 21.2 Å². The molecule has 33 heavy (non-hydrogen) atoms. The van der Waals surface area contributed by atoms with Crippen molar-refractivity contribution in [1.82, 2.24) is 5.32 Å². The van der Waals surface area contributed by atoms with Gasteiger partial charge in [-0.15, -0.1) is 0 Å². The van der Waals surface area contributed by atoms with Crippen LogP contribution in [0, 0.1) is 6.92 Å². The van der Waals surface area contributed by atoms with Gasteiger partial charge in [-0.1, -0.05) is 48.0 Å². The minimum absolute atomic E-state index is 0.131. The summed E-state index contributed by atoms with van der Waals surface area (Å²) >= 11 is 0. The Balaban J connectivity index is 1.70. The molecule has 3 aromatic rings. The van der Waals surface area contributed by atoms with Crippen LogP contribution in [0.2, 0.25) is 0 Å². The van der Waals surface area contributed by atoms with E-state index in [1.54, 1.807) is 42.5 Å². The molecule has 0 atom stereocenters. The van der Waals surface area contributed by atoms with Crippen LogP contribution in [0.25, 0.3) is 0 Å². The highest BCUT2D eigenvalue weighted by molar-refractivity contribution is 7.92. The smallest absolute Gasteiger partial charge is 0.264 e. The third-order valence-corrected chi connectivity index (χ3v) is 6.89. The maximum Gasteiger partial charge on any atom is 0.264 e. The van der Waals surface area contributed by atoms with E-state index in [4.69, 9.17) is 4.74 Å². The Hall–Kier alpha value is -3.32. The first-order chi connectivity index (χ1) is 15.9. The number of carbonyl (C=O) groups is 1. The highest BCUT2D eigenvalue weighted by Crippen LogP contribution is 2.25. The monoisotopic (exact) mass is 466 g/mol. The summed E-state index contributed by atoms with van der Waals surface area (Å²) in [6, 6.07) is 23.1. The summed E-state index contributed by atoms with van der Waals surface area (Å²) in [7, 11) is -3.92. The molecule has 3 aromatic carbocycles. The zero-order valence-corrected chi connectivity index (χ0v) is 19.8. The zero-order chi connectivity index (χ0) is 23.7. The summed E-state index contributed by atoms with van der Waals surface area (Å²) in [5, 5.41) is 2.85. The topological polar surface area (TPSA) is 75.7 Å². The Morgan fingerprint density at radius 2 is 1.70 bits per heavy atom. The van der Waals surface area contributed by atoms with E-state index in [0.717, 1.165) is 17.1 Å². The SMILES string of the molecule is CCOc1ccc(N(CC(=O)NCCCc2cccc(C)c2)S(=O)(=O)c2ccccc2)cc1. The largest absolute Gasteiger partial charge is 0.494 e. The second-order valence-corrected chi connectivity index (χ2v) is 9.56. The molecule has 0 spiro atoms. The Morgan fingerprint density at radius 1 is 0.970 bits per heavy atom. The van der Waals surface area contributed by atoms with Crippen molar-refractivity contribution in [3.05, 3.63) is 90.0 Å². The zero-order valence-electron chi connectivity index (χ0n) is 19.0. The number of anilines is 1. The van der Waals surface area contributed by atoms with Gasteiger partial charge in [0, 0.05) is 6.54 Å². The molecular weight excluding hydrogens is 436 g/mol. The number of hydrogen-bond donors (Lipinski definition) is 1. The van der Waals surface area contributed by atoms with E-state index in [-0.39, 0.29) is 17.3 Å². The van der Waals surface area contributed by atoms with Crippen molar-refractivity contribution in [1.29, 1.82) is 0 Å². The Morgan fingerprint density at radius 3 is 2.36 bits per heavy atom. The molecule has 174 valence electrons. The summed E-state index contributed by atoms with van der Waals surface area (Å²) in [5.74, 6) is 0.284. The van der Waals surface area contributed by atoms with Gasteiger partial charge in [-0.25, -0.2) is 8.42 Å². The van der Waals surface area contributed by atoms with Gasteiger partial charge in [-0.05, 0) is 68.7 Å². The van der Waals surface area contributed by atoms with Crippen molar-refractivity contribution < 1.29 is 17.9 Å². The van der Waals surface area contributed by atoms with E-state index >= 15 is 0 Å². The van der Waals surface area contributed by atoms with Crippen molar-refractivity contribution >= 4 is 21.6 Å². The maximum absolute atomic E-state index is 13.3. The Labute approximate surface area is 196 Å². The molecule has 0 saturated heterocycles. The summed E-state index contributed by atoms with van der Waals surface area (Å²) in [6.45, 7) is 4.60. The lowest BCUT2D eigenvalue weighted by atomic mass is 10.1. The van der Waals surface area contributed by atoms with Crippen LogP contribution >= 0.6 is 0 Å². The average molecular weight is 467 g/mol. The van der Waals surface area contributed by atoms with Gasteiger partial charge in [0.2, 0.25) is 5.91 Å². The number of sulfonamides is 1. The predicted octanol–water partition coefficient (Wildman–Crippen LogP) is 4.34. The van der Waals surface area contributed by atoms with Gasteiger partial charge in [0.25, 0.3) is 10.0 Å². The standard InChI is InChI=1S/C26H30N2O4S/c1-3-32-24-16-14-23(15-17-24)28(33(30,31)25-12-5-4-6-13-25)20-26(29)27-18-8-11-22-10-7-9-21(2)19-22/h4-7,9-10,12-17,19H,3,8,11,18,20H2,1-2H3,(H,27,29). The van der Waals surface area contributed by atoms with Crippen LogP contribution in [0.15, 0.2) is 83.8 Å². The van der Waals surface area contributed by atoms with Gasteiger partial charge < -0.3 is 10.1 Å². The third kappa shape index (κ3) is 6.83. The fraction of sp³-hybridized carbons (Fsp3) is 0.269. The number of hydrogen-bond acceptors (Lipinski definition) is 4. The highest BCUT2D eigenvalue weighted by Gasteiger charge is 2.27. The lowest BCUT2D eigenvalue weighted by molar-refractivity contribution is -0.119. The number of aryl methyl sites for hydroxylation is 2. The molecule has 0 aromatic heterocycles. The molecule has 0 aliphatic rings. The first kappa shape index (κ1) is 24.3. The minimum atomic E-state index is -3.92. The van der Waals surface area contributed by atoms with Gasteiger partial charge in [-0.2, -0.15) is 0 Å². The molecule has 3 rings (SSSR count). The molecule has 0 radical (unpaired) electrons. The molecule has 7 heteroatoms. The minimum Gasteiger partial charge on any atom is -0.494 e. The first-order valence-electron chi connectivity index (χ1n) is 11.0. The average Bonchev–Trinajstić information content (AvgIpc) is 2.82. The van der Waals surface area contributed by atoms with Crippen molar-refractivity contribution in [2.75, 3.05) is 24.0 Å². The second kappa shape index (κ2) is 11.5. The number of nitrogens with zero attached hydrogens (tertiary/aromatic N) is 1. The van der Waals surface area contributed by atoms with E-state index < -0.39 is 10.0 Å². The number of ether oxygens (including phenoxy) is 1. The Bertz CT molecular complexity index is 1150. The van der Waals surface area contributed by atoms with Gasteiger partial charge in [-0.3, -0.25) is 9.10 Å². The van der Waals surface area contributed by atoms with Crippen LogP contribution in [0.3, 0.4) is 0 Å². The third-order valence-electron chi connectivity index (χ3n) is 5.10. The van der Waals surface area contributed by atoms with Crippen molar-refractivity contribution in [3.8, 4) is 5.75 Å². The quantitative estimate of drug-likeness (QED) is 0.427. The normalized spacial score (nSPS) is 11.1. The fourth-order valence-corrected chi connectivity index (χ4v) is 4.93. The van der Waals surface area contributed by atoms with Crippen molar-refractivity contribution in [2.45, 2.75) is 31.6 Å². The number of carbonyl (C=O) groups excluding carboxylic acids is 1. The molecule has 0 fully saturated rings. The summed E-state index contributed by atoms with van der Waals surface area (Å²) < 4.78 is 33.3. The lowest BCUT2D eigenvalue weighted by Gasteiger charge is -2.24. The van der Waals surface area contributed by atoms with Crippen molar-refractivity contribution in [2.24, 2.45) is 0 Å². The summed E-state index contributed by atoms with van der Waals surface area (Å²) in [6.07, 6.45) is 1.61. The van der Waals surface area contributed by atoms with Gasteiger partial charge >= 0.3 is 0 Å². The van der Waals surface area contributed by atoms with E-state index in [9.17, 15) is 13.2 Å². The Kier molecular flexibility index (Phi) is 8.49. The molecule has 0 aliphatic heterocycles. The number of nitrogens with one attached hydrogen (secondary N) is 1. The second-order valence-electron chi connectivity index (χ2n) is 7.69. The van der Waals surface area contributed by atoms with Crippen LogP contribution in [0.4, 0.5) is 5.69 Å². The first-order valence-corrected chi connectivity index (χ1v) is 12.5. The molecule has 0 aliphatic carbocycles. The van der Waals surface area contributed by atoms with Crippen LogP contribution < -0.4 is 14.4 Å². The molecule has 6 nitrogen and oxygen atoms in total.